The monoisotopic (exact) mass is 437 g/mol. The molecule has 1 aromatic carbocycles. The Hall–Kier alpha value is -2.71. The molecule has 8 heteroatoms. The number of fused-ring (bicyclic) bond motifs is 1. The third kappa shape index (κ3) is 4.86. The van der Waals surface area contributed by atoms with Crippen molar-refractivity contribution in [2.75, 3.05) is 50.1 Å². The Balaban J connectivity index is 1.34. The van der Waals surface area contributed by atoms with Gasteiger partial charge in [-0.2, -0.15) is 9.97 Å². The van der Waals surface area contributed by atoms with Gasteiger partial charge in [0.25, 0.3) is 0 Å². The van der Waals surface area contributed by atoms with Crippen LogP contribution in [0.1, 0.15) is 36.0 Å². The number of carbonyl (C=O) groups is 1. The van der Waals surface area contributed by atoms with E-state index in [1.165, 1.54) is 31.5 Å². The van der Waals surface area contributed by atoms with Crippen LogP contribution in [0.25, 0.3) is 0 Å². The van der Waals surface area contributed by atoms with Crippen LogP contribution in [-0.2, 0) is 29.0 Å². The molecule has 3 aliphatic heterocycles. The number of nitrogen functional groups attached to an aromatic ring is 1. The molecular formula is C24H31N5O3. The summed E-state index contributed by atoms with van der Waals surface area (Å²) < 4.78 is 11.3. The Morgan fingerprint density at radius 1 is 1.16 bits per heavy atom. The third-order valence-electron chi connectivity index (χ3n) is 6.48. The molecule has 1 unspecified atom stereocenters. The first-order valence-corrected chi connectivity index (χ1v) is 11.6. The van der Waals surface area contributed by atoms with Gasteiger partial charge >= 0.3 is 6.01 Å². The quantitative estimate of drug-likeness (QED) is 0.705. The van der Waals surface area contributed by atoms with Crippen molar-refractivity contribution < 1.29 is 14.3 Å². The van der Waals surface area contributed by atoms with Crippen LogP contribution in [-0.4, -0.2) is 60.1 Å². The third-order valence-corrected chi connectivity index (χ3v) is 6.48. The number of aromatic nitrogens is 2. The Morgan fingerprint density at radius 2 is 1.97 bits per heavy atom. The minimum atomic E-state index is 0.123. The fourth-order valence-corrected chi connectivity index (χ4v) is 4.79. The van der Waals surface area contributed by atoms with E-state index in [0.29, 0.717) is 49.4 Å². The number of rotatable bonds is 7. The normalized spacial score (nSPS) is 21.2. The van der Waals surface area contributed by atoms with Gasteiger partial charge in [0, 0.05) is 37.6 Å². The van der Waals surface area contributed by atoms with Gasteiger partial charge in [-0.3, -0.25) is 9.69 Å². The van der Waals surface area contributed by atoms with E-state index in [2.05, 4.69) is 39.1 Å². The smallest absolute Gasteiger partial charge is 0.320 e. The van der Waals surface area contributed by atoms with Crippen molar-refractivity contribution in [3.05, 3.63) is 41.0 Å². The fourth-order valence-electron chi connectivity index (χ4n) is 4.79. The second-order valence-electron chi connectivity index (χ2n) is 9.11. The van der Waals surface area contributed by atoms with Crippen LogP contribution in [0.15, 0.2) is 24.3 Å². The van der Waals surface area contributed by atoms with Gasteiger partial charge in [0.05, 0.1) is 19.8 Å². The number of carbonyl (C=O) groups excluding carboxylic acids is 1. The minimum absolute atomic E-state index is 0.123. The van der Waals surface area contributed by atoms with Gasteiger partial charge in [-0.25, -0.2) is 0 Å². The van der Waals surface area contributed by atoms with Crippen LogP contribution >= 0.6 is 0 Å². The first kappa shape index (κ1) is 21.2. The molecule has 2 aromatic rings. The van der Waals surface area contributed by atoms with E-state index in [9.17, 15) is 4.79 Å². The Labute approximate surface area is 188 Å². The number of nitrogens with zero attached hydrogens (tertiary/aromatic N) is 4. The first-order chi connectivity index (χ1) is 15.6. The van der Waals surface area contributed by atoms with Crippen LogP contribution < -0.4 is 15.4 Å². The number of nitrogens with two attached hydrogens (primary N) is 1. The molecule has 8 nitrogen and oxygen atoms in total. The molecule has 32 heavy (non-hydrogen) atoms. The van der Waals surface area contributed by atoms with Gasteiger partial charge in [-0.15, -0.1) is 0 Å². The van der Waals surface area contributed by atoms with Gasteiger partial charge in [-0.05, 0) is 43.5 Å². The number of ether oxygens (including phenoxy) is 2. The Morgan fingerprint density at radius 3 is 2.75 bits per heavy atom. The van der Waals surface area contributed by atoms with Gasteiger partial charge < -0.3 is 20.1 Å². The largest absolute Gasteiger partial charge is 0.463 e. The molecule has 0 saturated carbocycles. The molecule has 3 aliphatic rings. The van der Waals surface area contributed by atoms with Crippen molar-refractivity contribution in [3.8, 4) is 6.01 Å². The van der Waals surface area contributed by atoms with E-state index in [0.717, 1.165) is 25.1 Å². The van der Waals surface area contributed by atoms with Crippen LogP contribution in [0.4, 0.5) is 11.6 Å². The molecule has 1 atom stereocenters. The lowest BCUT2D eigenvalue weighted by atomic mass is 10.0. The van der Waals surface area contributed by atoms with Gasteiger partial charge in [0.2, 0.25) is 0 Å². The molecule has 5 rings (SSSR count). The number of Topliss-reactive ketones (excluding diaryl/α,β-unsaturated/α-hetero) is 1. The summed E-state index contributed by atoms with van der Waals surface area (Å²) in [5.74, 6) is 1.51. The zero-order valence-corrected chi connectivity index (χ0v) is 18.5. The second kappa shape index (κ2) is 9.42. The number of ketones is 1. The second-order valence-corrected chi connectivity index (χ2v) is 9.11. The van der Waals surface area contributed by atoms with Crippen LogP contribution in [0.2, 0.25) is 0 Å². The lowest BCUT2D eigenvalue weighted by Gasteiger charge is -2.30. The number of hydrogen-bond acceptors (Lipinski definition) is 8. The highest BCUT2D eigenvalue weighted by molar-refractivity contribution is 5.91. The molecule has 0 bridgehead atoms. The van der Waals surface area contributed by atoms with Crippen molar-refractivity contribution in [2.45, 2.75) is 38.8 Å². The summed E-state index contributed by atoms with van der Waals surface area (Å²) >= 11 is 0. The summed E-state index contributed by atoms with van der Waals surface area (Å²) in [6, 6.07) is 8.89. The molecule has 2 saturated heterocycles. The maximum absolute atomic E-state index is 12.5. The minimum Gasteiger partial charge on any atom is -0.463 e. The summed E-state index contributed by atoms with van der Waals surface area (Å²) in [4.78, 5) is 25.9. The number of hydrogen-bond donors (Lipinski definition) is 1. The molecule has 0 amide bonds. The highest BCUT2D eigenvalue weighted by Gasteiger charge is 2.28. The van der Waals surface area contributed by atoms with E-state index < -0.39 is 0 Å². The van der Waals surface area contributed by atoms with Crippen molar-refractivity contribution in [1.82, 2.24) is 14.9 Å². The summed E-state index contributed by atoms with van der Waals surface area (Å²) in [7, 11) is 0. The summed E-state index contributed by atoms with van der Waals surface area (Å²) in [5, 5.41) is 0. The summed E-state index contributed by atoms with van der Waals surface area (Å²) in [6.07, 6.45) is 3.82. The topological polar surface area (TPSA) is 93.8 Å². The maximum Gasteiger partial charge on any atom is 0.320 e. The summed E-state index contributed by atoms with van der Waals surface area (Å²) in [5.41, 5.74) is 9.38. The zero-order valence-electron chi connectivity index (χ0n) is 18.5. The van der Waals surface area contributed by atoms with Crippen LogP contribution in [0, 0.1) is 5.92 Å². The van der Waals surface area contributed by atoms with Gasteiger partial charge in [0.1, 0.15) is 11.6 Å². The highest BCUT2D eigenvalue weighted by Crippen LogP contribution is 2.31. The SMILES string of the molecule is Nc1nc(OCC2CCOC2)nc2c1CC(=O)CN2Cc1cccc(CN2CCCC2)c1. The van der Waals surface area contributed by atoms with Crippen molar-refractivity contribution >= 4 is 17.4 Å². The predicted octanol–water partition coefficient (Wildman–Crippen LogP) is 2.20. The van der Waals surface area contributed by atoms with Gasteiger partial charge in [0.15, 0.2) is 5.78 Å². The van der Waals surface area contributed by atoms with Gasteiger partial charge in [-0.1, -0.05) is 24.3 Å². The molecular weight excluding hydrogens is 406 g/mol. The average Bonchev–Trinajstić information content (AvgIpc) is 3.48. The molecule has 0 aliphatic carbocycles. The van der Waals surface area contributed by atoms with E-state index in [1.807, 2.05) is 4.90 Å². The predicted molar refractivity (Wildman–Crippen MR) is 122 cm³/mol. The Bertz CT molecular complexity index is 970. The zero-order chi connectivity index (χ0) is 21.9. The van der Waals surface area contributed by atoms with Crippen LogP contribution in [0.5, 0.6) is 6.01 Å². The molecule has 2 fully saturated rings. The number of benzene rings is 1. The lowest BCUT2D eigenvalue weighted by Crippen LogP contribution is -2.37. The van der Waals surface area contributed by atoms with Crippen molar-refractivity contribution in [3.63, 3.8) is 0 Å². The molecule has 1 aromatic heterocycles. The first-order valence-electron chi connectivity index (χ1n) is 11.6. The fraction of sp³-hybridized carbons (Fsp3) is 0.542. The molecule has 170 valence electrons. The number of anilines is 2. The van der Waals surface area contributed by atoms with Crippen molar-refractivity contribution in [2.24, 2.45) is 5.92 Å². The van der Waals surface area contributed by atoms with E-state index in [-0.39, 0.29) is 18.2 Å². The molecule has 4 heterocycles. The standard InChI is InChI=1S/C24H31N5O3/c25-22-21-11-20(30)14-29(23(21)27-24(26-22)32-16-19-6-9-31-15-19)13-18-5-3-4-17(10-18)12-28-7-1-2-8-28/h3-5,10,19H,1-2,6-9,11-16H2,(H2,25,26,27). The van der Waals surface area contributed by atoms with E-state index in [4.69, 9.17) is 15.2 Å². The van der Waals surface area contributed by atoms with E-state index in [1.54, 1.807) is 0 Å². The molecule has 2 N–H and O–H groups in total. The van der Waals surface area contributed by atoms with Crippen LogP contribution in [0.3, 0.4) is 0 Å². The Kier molecular flexibility index (Phi) is 6.23. The number of likely N-dealkylation sites (tertiary alicyclic amines) is 1. The maximum atomic E-state index is 12.5. The molecule has 0 radical (unpaired) electrons. The highest BCUT2D eigenvalue weighted by atomic mass is 16.5. The van der Waals surface area contributed by atoms with E-state index >= 15 is 0 Å². The lowest BCUT2D eigenvalue weighted by molar-refractivity contribution is -0.117. The summed E-state index contributed by atoms with van der Waals surface area (Å²) in [6.45, 7) is 6.21. The molecule has 0 spiro atoms. The van der Waals surface area contributed by atoms with Crippen molar-refractivity contribution in [1.29, 1.82) is 0 Å². The average molecular weight is 438 g/mol.